The van der Waals surface area contributed by atoms with Crippen LogP contribution < -0.4 is 0 Å². The van der Waals surface area contributed by atoms with E-state index in [9.17, 15) is 0 Å². The van der Waals surface area contributed by atoms with Crippen molar-refractivity contribution in [1.82, 2.24) is 4.98 Å². The molecule has 2 rings (SSSR count). The highest BCUT2D eigenvalue weighted by atomic mass is 14.7. The molecule has 0 atom stereocenters. The van der Waals surface area contributed by atoms with E-state index in [0.717, 1.165) is 11.3 Å². The summed E-state index contributed by atoms with van der Waals surface area (Å²) < 4.78 is 0. The Morgan fingerprint density at radius 3 is 1.90 bits per heavy atom. The quantitative estimate of drug-likeness (QED) is 0.715. The molecule has 0 aliphatic rings. The van der Waals surface area contributed by atoms with E-state index in [2.05, 4.69) is 76.0 Å². The predicted octanol–water partition coefficient (Wildman–Crippen LogP) is 5.58. The summed E-state index contributed by atoms with van der Waals surface area (Å²) in [5.74, 6) is 0. The number of rotatable bonds is 3. The topological polar surface area (TPSA) is 12.9 Å². The van der Waals surface area contributed by atoms with Crippen molar-refractivity contribution in [2.75, 3.05) is 0 Å². The lowest BCUT2D eigenvalue weighted by molar-refractivity contribution is 0.220. The Balaban J connectivity index is 2.18. The first kappa shape index (κ1) is 15.5. The summed E-state index contributed by atoms with van der Waals surface area (Å²) in [5, 5.41) is 0. The van der Waals surface area contributed by atoms with Crippen molar-refractivity contribution in [1.29, 1.82) is 0 Å². The number of hydrogen-bond acceptors (Lipinski definition) is 1. The van der Waals surface area contributed by atoms with E-state index in [-0.39, 0.29) is 10.8 Å². The molecule has 0 aliphatic carbocycles. The lowest BCUT2D eigenvalue weighted by Gasteiger charge is -2.38. The van der Waals surface area contributed by atoms with Crippen LogP contribution >= 0.6 is 0 Å². The number of hydrogen-bond donors (Lipinski definition) is 0. The van der Waals surface area contributed by atoms with Crippen molar-refractivity contribution in [3.05, 3.63) is 65.5 Å². The van der Waals surface area contributed by atoms with E-state index >= 15 is 0 Å². The van der Waals surface area contributed by atoms with Crippen molar-refractivity contribution in [2.24, 2.45) is 5.41 Å². The molecule has 1 aromatic carbocycles. The molecule has 0 bridgehead atoms. The first-order valence-electron chi connectivity index (χ1n) is 7.50. The molecule has 0 amide bonds. The van der Waals surface area contributed by atoms with Crippen LogP contribution in [-0.2, 0) is 5.41 Å². The van der Waals surface area contributed by atoms with Crippen LogP contribution in [0.4, 0.5) is 0 Å². The summed E-state index contributed by atoms with van der Waals surface area (Å²) in [6.07, 6.45) is 6.18. The molecule has 0 radical (unpaired) electrons. The zero-order valence-electron chi connectivity index (χ0n) is 13.7. The van der Waals surface area contributed by atoms with Gasteiger partial charge < -0.3 is 0 Å². The van der Waals surface area contributed by atoms with Crippen molar-refractivity contribution >= 4 is 12.2 Å². The second-order valence-electron chi connectivity index (χ2n) is 7.10. The molecule has 110 valence electrons. The van der Waals surface area contributed by atoms with Crippen LogP contribution in [0.1, 0.15) is 51.4 Å². The summed E-state index contributed by atoms with van der Waals surface area (Å²) >= 11 is 0. The standard InChI is InChI=1S/C20H25N/c1-19(2,3)20(4,5)18-14-13-17(15-21-18)12-11-16-9-7-6-8-10-16/h6-15H,1-5H3/b12-11+. The Kier molecular flexibility index (Phi) is 4.32. The molecule has 0 spiro atoms. The lowest BCUT2D eigenvalue weighted by atomic mass is 9.67. The molecule has 1 aromatic heterocycles. The molecule has 0 N–H and O–H groups in total. The van der Waals surface area contributed by atoms with Gasteiger partial charge in [0, 0.05) is 17.3 Å². The largest absolute Gasteiger partial charge is 0.260 e. The van der Waals surface area contributed by atoms with E-state index in [4.69, 9.17) is 0 Å². The van der Waals surface area contributed by atoms with Crippen LogP contribution in [-0.4, -0.2) is 4.98 Å². The van der Waals surface area contributed by atoms with Crippen LogP contribution in [0.3, 0.4) is 0 Å². The van der Waals surface area contributed by atoms with Gasteiger partial charge in [0.25, 0.3) is 0 Å². The molecule has 1 nitrogen and oxygen atoms in total. The van der Waals surface area contributed by atoms with Gasteiger partial charge in [0.1, 0.15) is 0 Å². The molecule has 0 unspecified atom stereocenters. The molecule has 0 saturated carbocycles. The van der Waals surface area contributed by atoms with Gasteiger partial charge in [-0.1, -0.05) is 83.2 Å². The SMILES string of the molecule is CC(C)(C)C(C)(C)c1ccc(/C=C/c2ccccc2)cn1. The second kappa shape index (κ2) is 5.85. The van der Waals surface area contributed by atoms with Crippen molar-refractivity contribution < 1.29 is 0 Å². The molecule has 2 aromatic rings. The van der Waals surface area contributed by atoms with Gasteiger partial charge in [-0.25, -0.2) is 0 Å². The van der Waals surface area contributed by atoms with Crippen molar-refractivity contribution in [3.63, 3.8) is 0 Å². The monoisotopic (exact) mass is 279 g/mol. The van der Waals surface area contributed by atoms with E-state index in [1.165, 1.54) is 5.56 Å². The normalized spacial score (nSPS) is 12.8. The summed E-state index contributed by atoms with van der Waals surface area (Å²) in [6.45, 7) is 11.3. The minimum Gasteiger partial charge on any atom is -0.260 e. The van der Waals surface area contributed by atoms with E-state index in [1.54, 1.807) is 0 Å². The second-order valence-corrected chi connectivity index (χ2v) is 7.10. The number of pyridine rings is 1. The van der Waals surface area contributed by atoms with E-state index in [0.29, 0.717) is 0 Å². The minimum absolute atomic E-state index is 0.0503. The third kappa shape index (κ3) is 3.60. The Morgan fingerprint density at radius 2 is 1.38 bits per heavy atom. The number of benzene rings is 1. The third-order valence-electron chi connectivity index (χ3n) is 4.57. The molecular formula is C20H25N. The van der Waals surface area contributed by atoms with Crippen LogP contribution in [0.2, 0.25) is 0 Å². The maximum atomic E-state index is 4.68. The molecule has 0 fully saturated rings. The Labute approximate surface area is 128 Å². The fraction of sp³-hybridized carbons (Fsp3) is 0.350. The van der Waals surface area contributed by atoms with Crippen LogP contribution in [0.5, 0.6) is 0 Å². The number of nitrogens with zero attached hydrogens (tertiary/aromatic N) is 1. The molecule has 0 saturated heterocycles. The molecule has 0 aliphatic heterocycles. The van der Waals surface area contributed by atoms with E-state index in [1.807, 2.05) is 24.4 Å². The van der Waals surface area contributed by atoms with Crippen LogP contribution in [0.25, 0.3) is 12.2 Å². The van der Waals surface area contributed by atoms with Gasteiger partial charge in [0.05, 0.1) is 0 Å². The zero-order chi connectivity index (χ0) is 15.5. The maximum absolute atomic E-state index is 4.68. The molecule has 1 heterocycles. The van der Waals surface area contributed by atoms with E-state index < -0.39 is 0 Å². The minimum atomic E-state index is 0.0503. The Bertz CT molecular complexity index is 599. The molecular weight excluding hydrogens is 254 g/mol. The third-order valence-corrected chi connectivity index (χ3v) is 4.57. The Hall–Kier alpha value is -1.89. The fourth-order valence-electron chi connectivity index (χ4n) is 2.01. The first-order valence-corrected chi connectivity index (χ1v) is 7.50. The van der Waals surface area contributed by atoms with Gasteiger partial charge in [-0.3, -0.25) is 4.98 Å². The van der Waals surface area contributed by atoms with Gasteiger partial charge in [0.2, 0.25) is 0 Å². The van der Waals surface area contributed by atoms with Gasteiger partial charge >= 0.3 is 0 Å². The molecule has 1 heteroatoms. The van der Waals surface area contributed by atoms with Gasteiger partial charge in [-0.2, -0.15) is 0 Å². The average Bonchev–Trinajstić information content (AvgIpc) is 2.45. The van der Waals surface area contributed by atoms with Crippen molar-refractivity contribution in [3.8, 4) is 0 Å². The summed E-state index contributed by atoms with van der Waals surface area (Å²) in [5.41, 5.74) is 3.71. The maximum Gasteiger partial charge on any atom is 0.0465 e. The summed E-state index contributed by atoms with van der Waals surface area (Å²) in [4.78, 5) is 4.68. The highest BCUT2D eigenvalue weighted by molar-refractivity contribution is 5.69. The van der Waals surface area contributed by atoms with Crippen LogP contribution in [0.15, 0.2) is 48.7 Å². The summed E-state index contributed by atoms with van der Waals surface area (Å²) in [6, 6.07) is 14.6. The predicted molar refractivity (Wildman–Crippen MR) is 92.1 cm³/mol. The average molecular weight is 279 g/mol. The van der Waals surface area contributed by atoms with Gasteiger partial charge in [0.15, 0.2) is 0 Å². The van der Waals surface area contributed by atoms with Gasteiger partial charge in [-0.15, -0.1) is 0 Å². The first-order chi connectivity index (χ1) is 9.80. The smallest absolute Gasteiger partial charge is 0.0465 e. The molecule has 21 heavy (non-hydrogen) atoms. The summed E-state index contributed by atoms with van der Waals surface area (Å²) in [7, 11) is 0. The highest BCUT2D eigenvalue weighted by Gasteiger charge is 2.35. The lowest BCUT2D eigenvalue weighted by Crippen LogP contribution is -2.34. The highest BCUT2D eigenvalue weighted by Crippen LogP contribution is 2.39. The Morgan fingerprint density at radius 1 is 0.762 bits per heavy atom. The van der Waals surface area contributed by atoms with Gasteiger partial charge in [-0.05, 0) is 22.6 Å². The van der Waals surface area contributed by atoms with Crippen molar-refractivity contribution in [2.45, 2.75) is 40.0 Å². The fourth-order valence-corrected chi connectivity index (χ4v) is 2.01. The zero-order valence-corrected chi connectivity index (χ0v) is 13.7. The number of aromatic nitrogens is 1. The van der Waals surface area contributed by atoms with Crippen LogP contribution in [0, 0.1) is 5.41 Å².